The lowest BCUT2D eigenvalue weighted by Crippen LogP contribution is -2.37. The van der Waals surface area contributed by atoms with E-state index in [2.05, 4.69) is 15.9 Å². The Morgan fingerprint density at radius 2 is 1.21 bits per heavy atom. The summed E-state index contributed by atoms with van der Waals surface area (Å²) in [6, 6.07) is 16.7. The van der Waals surface area contributed by atoms with Gasteiger partial charge in [0.1, 0.15) is 0 Å². The van der Waals surface area contributed by atoms with Gasteiger partial charge in [0, 0.05) is 41.8 Å². The Labute approximate surface area is 150 Å². The van der Waals surface area contributed by atoms with Gasteiger partial charge in [0.2, 0.25) is 0 Å². The van der Waals surface area contributed by atoms with Gasteiger partial charge in [0.05, 0.1) is 0 Å². The maximum atomic E-state index is 12.6. The molecule has 0 aliphatic carbocycles. The minimum absolute atomic E-state index is 0.0245. The lowest BCUT2D eigenvalue weighted by molar-refractivity contribution is 0.0719. The second kappa shape index (κ2) is 7.62. The molecule has 24 heavy (non-hydrogen) atoms. The third-order valence-electron chi connectivity index (χ3n) is 4.18. The van der Waals surface area contributed by atoms with Crippen molar-refractivity contribution in [3.05, 3.63) is 70.2 Å². The summed E-state index contributed by atoms with van der Waals surface area (Å²) in [7, 11) is 0. The van der Waals surface area contributed by atoms with Gasteiger partial charge >= 0.3 is 0 Å². The van der Waals surface area contributed by atoms with E-state index in [-0.39, 0.29) is 11.8 Å². The van der Waals surface area contributed by atoms with E-state index in [0.29, 0.717) is 37.3 Å². The van der Waals surface area contributed by atoms with Crippen LogP contribution in [0.2, 0.25) is 0 Å². The Kier molecular flexibility index (Phi) is 5.30. The second-order valence-electron chi connectivity index (χ2n) is 5.81. The van der Waals surface area contributed by atoms with Crippen molar-refractivity contribution < 1.29 is 9.59 Å². The molecule has 1 heterocycles. The molecule has 1 fully saturated rings. The second-order valence-corrected chi connectivity index (χ2v) is 6.73. The first-order valence-corrected chi connectivity index (χ1v) is 8.83. The van der Waals surface area contributed by atoms with Crippen molar-refractivity contribution in [2.24, 2.45) is 0 Å². The van der Waals surface area contributed by atoms with Gasteiger partial charge in [0.25, 0.3) is 11.8 Å². The Balaban J connectivity index is 1.65. The van der Waals surface area contributed by atoms with Crippen molar-refractivity contribution in [2.75, 3.05) is 26.2 Å². The highest BCUT2D eigenvalue weighted by Crippen LogP contribution is 2.15. The summed E-state index contributed by atoms with van der Waals surface area (Å²) in [5.74, 6) is 0.0602. The molecule has 0 radical (unpaired) electrons. The van der Waals surface area contributed by atoms with Crippen LogP contribution < -0.4 is 0 Å². The lowest BCUT2D eigenvalue weighted by Gasteiger charge is -2.22. The summed E-state index contributed by atoms with van der Waals surface area (Å²) in [6.07, 6.45) is 0.793. The van der Waals surface area contributed by atoms with Gasteiger partial charge in [0.15, 0.2) is 0 Å². The maximum absolute atomic E-state index is 12.6. The highest BCUT2D eigenvalue weighted by Gasteiger charge is 2.23. The van der Waals surface area contributed by atoms with Crippen LogP contribution in [0.1, 0.15) is 27.1 Å². The van der Waals surface area contributed by atoms with Gasteiger partial charge in [-0.05, 0) is 42.8 Å². The molecule has 5 heteroatoms. The van der Waals surface area contributed by atoms with Crippen molar-refractivity contribution in [1.82, 2.24) is 9.80 Å². The quantitative estimate of drug-likeness (QED) is 0.792. The molecule has 0 aromatic heterocycles. The first-order chi connectivity index (χ1) is 11.6. The predicted octanol–water partition coefficient (Wildman–Crippen LogP) is 3.44. The number of hydrogen-bond donors (Lipinski definition) is 0. The molecule has 3 rings (SSSR count). The summed E-state index contributed by atoms with van der Waals surface area (Å²) in [6.45, 7) is 2.48. The smallest absolute Gasteiger partial charge is 0.253 e. The van der Waals surface area contributed by atoms with Crippen LogP contribution in [0.25, 0.3) is 0 Å². The Bertz CT molecular complexity index is 716. The van der Waals surface area contributed by atoms with E-state index in [4.69, 9.17) is 0 Å². The average Bonchev–Trinajstić information content (AvgIpc) is 2.88. The molecule has 1 aliphatic rings. The molecular weight excluding hydrogens is 368 g/mol. The van der Waals surface area contributed by atoms with Crippen LogP contribution in [0.4, 0.5) is 0 Å². The van der Waals surface area contributed by atoms with Crippen LogP contribution in [0.3, 0.4) is 0 Å². The molecule has 2 aromatic rings. The SMILES string of the molecule is O=C(c1ccccc1)N1CCCN(C(=O)c2ccc(Br)cc2)CC1. The van der Waals surface area contributed by atoms with Gasteiger partial charge in [-0.2, -0.15) is 0 Å². The summed E-state index contributed by atoms with van der Waals surface area (Å²) in [5, 5.41) is 0. The van der Waals surface area contributed by atoms with E-state index in [1.54, 1.807) is 0 Å². The highest BCUT2D eigenvalue weighted by atomic mass is 79.9. The zero-order valence-corrected chi connectivity index (χ0v) is 14.9. The molecule has 1 saturated heterocycles. The van der Waals surface area contributed by atoms with E-state index in [1.807, 2.05) is 64.4 Å². The van der Waals surface area contributed by atoms with Crippen LogP contribution in [0.15, 0.2) is 59.1 Å². The number of amides is 2. The minimum Gasteiger partial charge on any atom is -0.337 e. The zero-order chi connectivity index (χ0) is 16.9. The number of benzene rings is 2. The number of carbonyl (C=O) groups is 2. The third kappa shape index (κ3) is 3.85. The highest BCUT2D eigenvalue weighted by molar-refractivity contribution is 9.10. The first-order valence-electron chi connectivity index (χ1n) is 8.04. The number of rotatable bonds is 2. The zero-order valence-electron chi connectivity index (χ0n) is 13.3. The largest absolute Gasteiger partial charge is 0.337 e. The standard InChI is InChI=1S/C19H19BrN2O2/c20-17-9-7-16(8-10-17)19(24)22-12-4-11-21(13-14-22)18(23)15-5-2-1-3-6-15/h1-3,5-10H,4,11-14H2. The van der Waals surface area contributed by atoms with Crippen molar-refractivity contribution in [2.45, 2.75) is 6.42 Å². The summed E-state index contributed by atoms with van der Waals surface area (Å²) in [5.41, 5.74) is 1.38. The van der Waals surface area contributed by atoms with Crippen molar-refractivity contribution in [3.8, 4) is 0 Å². The molecule has 2 amide bonds. The molecule has 2 aromatic carbocycles. The minimum atomic E-state index is 0.0245. The van der Waals surface area contributed by atoms with Crippen molar-refractivity contribution in [3.63, 3.8) is 0 Å². The fourth-order valence-corrected chi connectivity index (χ4v) is 3.13. The molecular formula is C19H19BrN2O2. The number of halogens is 1. The Hall–Kier alpha value is -2.14. The number of carbonyl (C=O) groups excluding carboxylic acids is 2. The monoisotopic (exact) mass is 386 g/mol. The Morgan fingerprint density at radius 1 is 0.708 bits per heavy atom. The molecule has 1 aliphatic heterocycles. The van der Waals surface area contributed by atoms with E-state index >= 15 is 0 Å². The van der Waals surface area contributed by atoms with Crippen LogP contribution in [0.5, 0.6) is 0 Å². The summed E-state index contributed by atoms with van der Waals surface area (Å²) >= 11 is 3.38. The van der Waals surface area contributed by atoms with Crippen LogP contribution >= 0.6 is 15.9 Å². The van der Waals surface area contributed by atoms with Gasteiger partial charge in [-0.3, -0.25) is 9.59 Å². The number of nitrogens with zero attached hydrogens (tertiary/aromatic N) is 2. The fourth-order valence-electron chi connectivity index (χ4n) is 2.86. The van der Waals surface area contributed by atoms with Crippen molar-refractivity contribution in [1.29, 1.82) is 0 Å². The molecule has 0 N–H and O–H groups in total. The fraction of sp³-hybridized carbons (Fsp3) is 0.263. The third-order valence-corrected chi connectivity index (χ3v) is 4.71. The normalized spacial score (nSPS) is 15.0. The van der Waals surface area contributed by atoms with Gasteiger partial charge in [-0.25, -0.2) is 0 Å². The van der Waals surface area contributed by atoms with Gasteiger partial charge in [-0.1, -0.05) is 34.1 Å². The van der Waals surface area contributed by atoms with Crippen LogP contribution in [0, 0.1) is 0 Å². The Morgan fingerprint density at radius 3 is 1.75 bits per heavy atom. The van der Waals surface area contributed by atoms with Gasteiger partial charge < -0.3 is 9.80 Å². The van der Waals surface area contributed by atoms with Crippen molar-refractivity contribution >= 4 is 27.7 Å². The first kappa shape index (κ1) is 16.7. The molecule has 124 valence electrons. The molecule has 0 spiro atoms. The van der Waals surface area contributed by atoms with E-state index in [9.17, 15) is 9.59 Å². The molecule has 0 bridgehead atoms. The predicted molar refractivity (Wildman–Crippen MR) is 97.0 cm³/mol. The average molecular weight is 387 g/mol. The lowest BCUT2D eigenvalue weighted by atomic mass is 10.2. The summed E-state index contributed by atoms with van der Waals surface area (Å²) < 4.78 is 0.953. The molecule has 0 unspecified atom stereocenters. The molecule has 0 atom stereocenters. The summed E-state index contributed by atoms with van der Waals surface area (Å²) in [4.78, 5) is 28.8. The van der Waals surface area contributed by atoms with E-state index in [1.165, 1.54) is 0 Å². The van der Waals surface area contributed by atoms with Gasteiger partial charge in [-0.15, -0.1) is 0 Å². The van der Waals surface area contributed by atoms with E-state index in [0.717, 1.165) is 10.9 Å². The van der Waals surface area contributed by atoms with Crippen LogP contribution in [-0.4, -0.2) is 47.8 Å². The maximum Gasteiger partial charge on any atom is 0.253 e. The molecule has 0 saturated carbocycles. The topological polar surface area (TPSA) is 40.6 Å². The van der Waals surface area contributed by atoms with Crippen LogP contribution in [-0.2, 0) is 0 Å². The molecule has 4 nitrogen and oxygen atoms in total. The van der Waals surface area contributed by atoms with E-state index < -0.39 is 0 Å². The number of hydrogen-bond acceptors (Lipinski definition) is 2.